The number of piperazine rings is 1. The number of morpholine rings is 1. The van der Waals surface area contributed by atoms with Gasteiger partial charge >= 0.3 is 0 Å². The second-order valence-electron chi connectivity index (χ2n) is 11.4. The number of ether oxygens (including phenoxy) is 3. The van der Waals surface area contributed by atoms with Crippen LogP contribution in [0.4, 0.5) is 11.8 Å². The molecule has 11 heteroatoms. The Hall–Kier alpha value is -3.28. The monoisotopic (exact) mass is 562 g/mol. The van der Waals surface area contributed by atoms with E-state index in [1.165, 1.54) is 0 Å². The van der Waals surface area contributed by atoms with Crippen LogP contribution in [0.1, 0.15) is 31.2 Å². The molecule has 2 aliphatic heterocycles. The molecule has 1 aliphatic carbocycles. The van der Waals surface area contributed by atoms with E-state index in [-0.39, 0.29) is 6.10 Å². The third kappa shape index (κ3) is 7.33. The van der Waals surface area contributed by atoms with Crippen LogP contribution in [0, 0.1) is 6.92 Å². The standard InChI is InChI=1S/C30H42N8O3/c1-22-17-26-27(31-19-22)18-28(38-12-14-39-15-13-38)35-29(26)41-24-5-3-23(4-6-24)34-30-32-20-25(21-33-30)40-16-11-37-9-7-36(2)8-10-37/h17-21,23-24H,3-16H2,1-2H3,(H,32,33,34). The van der Waals surface area contributed by atoms with Gasteiger partial charge in [-0.2, -0.15) is 4.98 Å². The maximum Gasteiger partial charge on any atom is 0.225 e. The van der Waals surface area contributed by atoms with E-state index >= 15 is 0 Å². The summed E-state index contributed by atoms with van der Waals surface area (Å²) in [6.07, 6.45) is 9.39. The number of fused-ring (bicyclic) bond motifs is 1. The molecule has 220 valence electrons. The van der Waals surface area contributed by atoms with Crippen LogP contribution < -0.4 is 19.7 Å². The van der Waals surface area contributed by atoms with Gasteiger partial charge in [0.2, 0.25) is 11.8 Å². The molecule has 3 fully saturated rings. The van der Waals surface area contributed by atoms with E-state index in [0.29, 0.717) is 43.4 Å². The first kappa shape index (κ1) is 27.9. The second-order valence-corrected chi connectivity index (χ2v) is 11.4. The predicted molar refractivity (Wildman–Crippen MR) is 159 cm³/mol. The van der Waals surface area contributed by atoms with E-state index < -0.39 is 0 Å². The number of hydrogen-bond donors (Lipinski definition) is 1. The Labute approximate surface area is 242 Å². The van der Waals surface area contributed by atoms with E-state index in [2.05, 4.69) is 61.1 Å². The lowest BCUT2D eigenvalue weighted by Crippen LogP contribution is -2.45. The minimum Gasteiger partial charge on any atom is -0.489 e. The van der Waals surface area contributed by atoms with Crippen molar-refractivity contribution < 1.29 is 14.2 Å². The topological polar surface area (TPSA) is 101 Å². The number of hydrogen-bond acceptors (Lipinski definition) is 11. The number of likely N-dealkylation sites (N-methyl/N-ethyl adjacent to an activating group) is 1. The summed E-state index contributed by atoms with van der Waals surface area (Å²) in [7, 11) is 2.17. The normalized spacial score (nSPS) is 22.5. The van der Waals surface area contributed by atoms with Gasteiger partial charge in [-0.05, 0) is 51.3 Å². The Morgan fingerprint density at radius 2 is 1.68 bits per heavy atom. The molecule has 1 N–H and O–H groups in total. The van der Waals surface area contributed by atoms with E-state index in [1.807, 2.05) is 6.20 Å². The molecule has 3 aliphatic rings. The number of anilines is 2. The maximum absolute atomic E-state index is 6.57. The Kier molecular flexibility index (Phi) is 8.93. The molecule has 0 unspecified atom stereocenters. The van der Waals surface area contributed by atoms with Crippen LogP contribution in [0.2, 0.25) is 0 Å². The zero-order chi connectivity index (χ0) is 28.0. The smallest absolute Gasteiger partial charge is 0.225 e. The fraction of sp³-hybridized carbons (Fsp3) is 0.600. The molecule has 0 amide bonds. The molecule has 5 heterocycles. The van der Waals surface area contributed by atoms with Crippen molar-refractivity contribution in [2.45, 2.75) is 44.8 Å². The number of nitrogens with one attached hydrogen (secondary N) is 1. The molecule has 0 atom stereocenters. The Balaban J connectivity index is 0.999. The summed E-state index contributed by atoms with van der Waals surface area (Å²) in [6, 6.07) is 4.50. The van der Waals surface area contributed by atoms with Gasteiger partial charge in [-0.1, -0.05) is 0 Å². The number of aromatic nitrogens is 4. The van der Waals surface area contributed by atoms with E-state index in [0.717, 1.165) is 93.8 Å². The van der Waals surface area contributed by atoms with Crippen LogP contribution in [0.5, 0.6) is 11.6 Å². The summed E-state index contributed by atoms with van der Waals surface area (Å²) in [5, 5.41) is 4.48. The summed E-state index contributed by atoms with van der Waals surface area (Å²) in [6.45, 7) is 11.1. The van der Waals surface area contributed by atoms with Crippen molar-refractivity contribution in [3.05, 3.63) is 36.3 Å². The van der Waals surface area contributed by atoms with E-state index in [9.17, 15) is 0 Å². The quantitative estimate of drug-likeness (QED) is 0.417. The summed E-state index contributed by atoms with van der Waals surface area (Å²) in [5.74, 6) is 2.95. The highest BCUT2D eigenvalue weighted by Gasteiger charge is 2.25. The molecule has 6 rings (SSSR count). The summed E-state index contributed by atoms with van der Waals surface area (Å²) < 4.78 is 18.0. The van der Waals surface area contributed by atoms with Crippen molar-refractivity contribution in [1.82, 2.24) is 29.7 Å². The number of nitrogens with zero attached hydrogens (tertiary/aromatic N) is 7. The van der Waals surface area contributed by atoms with Gasteiger partial charge in [0.1, 0.15) is 18.5 Å². The average Bonchev–Trinajstić information content (AvgIpc) is 3.00. The van der Waals surface area contributed by atoms with Crippen molar-refractivity contribution in [3.8, 4) is 11.6 Å². The first-order valence-electron chi connectivity index (χ1n) is 15.0. The highest BCUT2D eigenvalue weighted by atomic mass is 16.5. The van der Waals surface area contributed by atoms with Crippen LogP contribution >= 0.6 is 0 Å². The molecule has 0 radical (unpaired) electrons. The van der Waals surface area contributed by atoms with E-state index in [1.54, 1.807) is 12.4 Å². The van der Waals surface area contributed by atoms with Crippen molar-refractivity contribution in [2.75, 3.05) is 82.9 Å². The van der Waals surface area contributed by atoms with Gasteiger partial charge in [0.25, 0.3) is 0 Å². The zero-order valence-corrected chi connectivity index (χ0v) is 24.3. The average molecular weight is 563 g/mol. The minimum absolute atomic E-state index is 0.112. The highest BCUT2D eigenvalue weighted by Crippen LogP contribution is 2.32. The minimum atomic E-state index is 0.112. The van der Waals surface area contributed by atoms with Gasteiger partial charge in [-0.25, -0.2) is 9.97 Å². The van der Waals surface area contributed by atoms with Crippen LogP contribution in [-0.2, 0) is 4.74 Å². The molecular formula is C30H42N8O3. The number of aryl methyl sites for hydroxylation is 1. The number of rotatable bonds is 9. The zero-order valence-electron chi connectivity index (χ0n) is 24.3. The Bertz CT molecular complexity index is 1270. The van der Waals surface area contributed by atoms with Crippen molar-refractivity contribution >= 4 is 22.7 Å². The van der Waals surface area contributed by atoms with Crippen LogP contribution in [-0.4, -0.2) is 115 Å². The van der Waals surface area contributed by atoms with Crippen molar-refractivity contribution in [2.24, 2.45) is 0 Å². The fourth-order valence-corrected chi connectivity index (χ4v) is 5.72. The molecule has 1 saturated carbocycles. The summed E-state index contributed by atoms with van der Waals surface area (Å²) in [4.78, 5) is 25.7. The summed E-state index contributed by atoms with van der Waals surface area (Å²) in [5.41, 5.74) is 2.02. The molecule has 3 aromatic heterocycles. The molecule has 11 nitrogen and oxygen atoms in total. The van der Waals surface area contributed by atoms with Crippen molar-refractivity contribution in [1.29, 1.82) is 0 Å². The first-order valence-corrected chi connectivity index (χ1v) is 15.0. The van der Waals surface area contributed by atoms with Gasteiger partial charge in [0, 0.05) is 64.1 Å². The maximum atomic E-state index is 6.57. The molecule has 0 bridgehead atoms. The molecular weight excluding hydrogens is 520 g/mol. The highest BCUT2D eigenvalue weighted by molar-refractivity contribution is 5.86. The van der Waals surface area contributed by atoms with Crippen LogP contribution in [0.3, 0.4) is 0 Å². The van der Waals surface area contributed by atoms with Gasteiger partial charge in [0.05, 0.1) is 36.5 Å². The van der Waals surface area contributed by atoms with Gasteiger partial charge in [-0.15, -0.1) is 0 Å². The first-order chi connectivity index (χ1) is 20.1. The number of pyridine rings is 2. The SMILES string of the molecule is Cc1cnc2cc(N3CCOCC3)nc(OC3CCC(Nc4ncc(OCCN5CCN(C)CC5)cn4)CC3)c2c1. The molecule has 41 heavy (non-hydrogen) atoms. The van der Waals surface area contributed by atoms with Gasteiger partial charge in [0.15, 0.2) is 5.75 Å². The lowest BCUT2D eigenvalue weighted by Gasteiger charge is -2.32. The second kappa shape index (κ2) is 13.1. The lowest BCUT2D eigenvalue weighted by molar-refractivity contribution is 0.122. The largest absolute Gasteiger partial charge is 0.489 e. The van der Waals surface area contributed by atoms with E-state index in [4.69, 9.17) is 19.2 Å². The van der Waals surface area contributed by atoms with Crippen molar-refractivity contribution in [3.63, 3.8) is 0 Å². The van der Waals surface area contributed by atoms with Gasteiger partial charge < -0.3 is 29.3 Å². The van der Waals surface area contributed by atoms with Crippen LogP contribution in [0.15, 0.2) is 30.7 Å². The lowest BCUT2D eigenvalue weighted by atomic mass is 9.93. The Morgan fingerprint density at radius 1 is 0.927 bits per heavy atom. The van der Waals surface area contributed by atoms with Gasteiger partial charge in [-0.3, -0.25) is 9.88 Å². The van der Waals surface area contributed by atoms with Crippen LogP contribution in [0.25, 0.3) is 10.9 Å². The third-order valence-electron chi connectivity index (χ3n) is 8.29. The molecule has 0 spiro atoms. The third-order valence-corrected chi connectivity index (χ3v) is 8.29. The fourth-order valence-electron chi connectivity index (χ4n) is 5.72. The summed E-state index contributed by atoms with van der Waals surface area (Å²) >= 11 is 0. The predicted octanol–water partition coefficient (Wildman–Crippen LogP) is 2.99. The molecule has 2 saturated heterocycles. The molecule has 3 aromatic rings. The molecule has 0 aromatic carbocycles. The Morgan fingerprint density at radius 3 is 2.44 bits per heavy atom.